The topological polar surface area (TPSA) is 29.5 Å². The molecular formula is C16H20Cl2O2S. The van der Waals surface area contributed by atoms with E-state index in [1.165, 1.54) is 0 Å². The van der Waals surface area contributed by atoms with E-state index in [2.05, 4.69) is 0 Å². The van der Waals surface area contributed by atoms with Crippen LogP contribution in [-0.2, 0) is 4.74 Å². The molecule has 2 atom stereocenters. The van der Waals surface area contributed by atoms with Crippen LogP contribution in [0.25, 0.3) is 0 Å². The number of rotatable bonds is 2. The molecule has 2 unspecified atom stereocenters. The number of halogens is 2. The first-order valence-electron chi connectivity index (χ1n) is 7.45. The van der Waals surface area contributed by atoms with Crippen LogP contribution in [0, 0.1) is 5.92 Å². The van der Waals surface area contributed by atoms with E-state index in [-0.39, 0.29) is 11.5 Å². The van der Waals surface area contributed by atoms with Crippen LogP contribution in [0.2, 0.25) is 10.0 Å². The third-order valence-corrected chi connectivity index (χ3v) is 6.50. The van der Waals surface area contributed by atoms with Gasteiger partial charge in [0.1, 0.15) is 0 Å². The van der Waals surface area contributed by atoms with Gasteiger partial charge in [-0.25, -0.2) is 0 Å². The Balaban J connectivity index is 1.78. The maximum absolute atomic E-state index is 10.8. The third kappa shape index (κ3) is 3.37. The van der Waals surface area contributed by atoms with E-state index in [4.69, 9.17) is 27.9 Å². The number of aliphatic hydroxyl groups excluding tert-OH is 1. The zero-order chi connectivity index (χ0) is 14.9. The van der Waals surface area contributed by atoms with E-state index in [1.807, 2.05) is 23.9 Å². The summed E-state index contributed by atoms with van der Waals surface area (Å²) in [5.41, 5.74) is 0.719. The second-order valence-electron chi connectivity index (χ2n) is 5.98. The predicted octanol–water partition coefficient (Wildman–Crippen LogP) is 4.72. The maximum Gasteiger partial charge on any atom is 0.0835 e. The van der Waals surface area contributed by atoms with Crippen LogP contribution in [0.3, 0.4) is 0 Å². The Morgan fingerprint density at radius 1 is 1.29 bits per heavy atom. The van der Waals surface area contributed by atoms with Crippen molar-refractivity contribution < 1.29 is 9.84 Å². The molecule has 0 radical (unpaired) electrons. The van der Waals surface area contributed by atoms with Crippen LogP contribution in [0.1, 0.15) is 37.4 Å². The third-order valence-electron chi connectivity index (χ3n) is 4.68. The molecule has 3 rings (SSSR count). The minimum Gasteiger partial charge on any atom is -0.388 e. The van der Waals surface area contributed by atoms with Crippen LogP contribution in [0.5, 0.6) is 0 Å². The molecule has 1 N–H and O–H groups in total. The Morgan fingerprint density at radius 2 is 2.05 bits per heavy atom. The van der Waals surface area contributed by atoms with Gasteiger partial charge in [0.2, 0.25) is 0 Å². The normalized spacial score (nSPS) is 26.7. The summed E-state index contributed by atoms with van der Waals surface area (Å²) in [7, 11) is 0. The van der Waals surface area contributed by atoms with Crippen LogP contribution in [0.4, 0.5) is 0 Å². The fraction of sp³-hybridized carbons (Fsp3) is 0.625. The van der Waals surface area contributed by atoms with E-state index < -0.39 is 6.10 Å². The van der Waals surface area contributed by atoms with Crippen molar-refractivity contribution in [3.63, 3.8) is 0 Å². The average Bonchev–Trinajstić information content (AvgIpc) is 2.50. The van der Waals surface area contributed by atoms with Gasteiger partial charge in [-0.2, -0.15) is 11.8 Å². The maximum atomic E-state index is 10.8. The number of ether oxygens (including phenoxy) is 1. The van der Waals surface area contributed by atoms with Crippen molar-refractivity contribution in [3.05, 3.63) is 33.8 Å². The minimum absolute atomic E-state index is 0.0276. The quantitative estimate of drug-likeness (QED) is 0.839. The first kappa shape index (κ1) is 15.9. The lowest BCUT2D eigenvalue weighted by Crippen LogP contribution is -2.44. The van der Waals surface area contributed by atoms with Crippen LogP contribution in [-0.4, -0.2) is 28.8 Å². The Labute approximate surface area is 140 Å². The summed E-state index contributed by atoms with van der Waals surface area (Å²) in [5.74, 6) is 2.50. The lowest BCUT2D eigenvalue weighted by molar-refractivity contribution is -0.121. The van der Waals surface area contributed by atoms with Gasteiger partial charge in [-0.1, -0.05) is 35.3 Å². The molecule has 116 valence electrons. The molecule has 21 heavy (non-hydrogen) atoms. The Kier molecular flexibility index (Phi) is 5.07. The summed E-state index contributed by atoms with van der Waals surface area (Å²) in [6.07, 6.45) is 3.40. The highest BCUT2D eigenvalue weighted by atomic mass is 35.5. The first-order chi connectivity index (χ1) is 10.1. The number of thioether (sulfide) groups is 1. The fourth-order valence-corrected chi connectivity index (χ4v) is 5.09. The second kappa shape index (κ2) is 6.67. The molecule has 2 nitrogen and oxygen atoms in total. The lowest BCUT2D eigenvalue weighted by atomic mass is 9.78. The Bertz CT molecular complexity index is 498. The number of benzene rings is 1. The van der Waals surface area contributed by atoms with Crippen molar-refractivity contribution in [1.82, 2.24) is 0 Å². The number of aliphatic hydroxyl groups is 1. The molecule has 2 aliphatic heterocycles. The van der Waals surface area contributed by atoms with Crippen molar-refractivity contribution >= 4 is 35.0 Å². The number of hydrogen-bond donors (Lipinski definition) is 1. The number of hydrogen-bond acceptors (Lipinski definition) is 3. The largest absolute Gasteiger partial charge is 0.388 e. The highest BCUT2D eigenvalue weighted by Gasteiger charge is 2.41. The SMILES string of the molecule is OC(c1cccc(Cl)c1Cl)C1CCOC2(CCSCC2)C1. The molecule has 1 aromatic carbocycles. The van der Waals surface area contributed by atoms with Gasteiger partial charge in [0.05, 0.1) is 21.8 Å². The highest BCUT2D eigenvalue weighted by molar-refractivity contribution is 7.99. The van der Waals surface area contributed by atoms with Crippen molar-refractivity contribution in [2.24, 2.45) is 5.92 Å². The molecule has 1 aromatic rings. The van der Waals surface area contributed by atoms with Crippen LogP contribution < -0.4 is 0 Å². The monoisotopic (exact) mass is 346 g/mol. The zero-order valence-corrected chi connectivity index (χ0v) is 14.2. The molecule has 2 fully saturated rings. The summed E-state index contributed by atoms with van der Waals surface area (Å²) >= 11 is 14.3. The van der Waals surface area contributed by atoms with E-state index in [0.717, 1.165) is 49.4 Å². The summed E-state index contributed by atoms with van der Waals surface area (Å²) in [6, 6.07) is 5.47. The summed E-state index contributed by atoms with van der Waals surface area (Å²) < 4.78 is 6.09. The first-order valence-corrected chi connectivity index (χ1v) is 9.36. The molecular weight excluding hydrogens is 327 g/mol. The zero-order valence-electron chi connectivity index (χ0n) is 11.9. The fourth-order valence-electron chi connectivity index (χ4n) is 3.43. The van der Waals surface area contributed by atoms with E-state index in [0.29, 0.717) is 10.0 Å². The van der Waals surface area contributed by atoms with Gasteiger partial charge in [-0.3, -0.25) is 0 Å². The standard InChI is InChI=1S/C16H20Cl2O2S/c17-13-3-1-2-12(14(13)18)15(19)11-4-7-20-16(10-11)5-8-21-9-6-16/h1-3,11,15,19H,4-10H2. The average molecular weight is 347 g/mol. The molecule has 5 heteroatoms. The predicted molar refractivity (Wildman–Crippen MR) is 89.4 cm³/mol. The lowest BCUT2D eigenvalue weighted by Gasteiger charge is -2.44. The van der Waals surface area contributed by atoms with Gasteiger partial charge in [-0.15, -0.1) is 0 Å². The van der Waals surface area contributed by atoms with Crippen molar-refractivity contribution in [1.29, 1.82) is 0 Å². The van der Waals surface area contributed by atoms with E-state index in [1.54, 1.807) is 6.07 Å². The van der Waals surface area contributed by atoms with Gasteiger partial charge < -0.3 is 9.84 Å². The highest BCUT2D eigenvalue weighted by Crippen LogP contribution is 2.45. The minimum atomic E-state index is -0.563. The van der Waals surface area contributed by atoms with Gasteiger partial charge >= 0.3 is 0 Å². The summed E-state index contributed by atoms with van der Waals surface area (Å²) in [6.45, 7) is 0.727. The molecule has 2 heterocycles. The van der Waals surface area contributed by atoms with E-state index >= 15 is 0 Å². The molecule has 2 saturated heterocycles. The van der Waals surface area contributed by atoms with Crippen LogP contribution >= 0.6 is 35.0 Å². The smallest absolute Gasteiger partial charge is 0.0835 e. The molecule has 0 saturated carbocycles. The summed E-state index contributed by atoms with van der Waals surface area (Å²) in [4.78, 5) is 0. The Hall–Kier alpha value is 0.0700. The molecule has 0 aliphatic carbocycles. The van der Waals surface area contributed by atoms with Gasteiger partial charge in [0, 0.05) is 12.2 Å². The van der Waals surface area contributed by atoms with Gasteiger partial charge in [0.25, 0.3) is 0 Å². The van der Waals surface area contributed by atoms with Gasteiger partial charge in [0.15, 0.2) is 0 Å². The van der Waals surface area contributed by atoms with Crippen molar-refractivity contribution in [2.45, 2.75) is 37.4 Å². The molecule has 0 aromatic heterocycles. The van der Waals surface area contributed by atoms with Gasteiger partial charge in [-0.05, 0) is 49.2 Å². The van der Waals surface area contributed by atoms with Crippen molar-refractivity contribution in [3.8, 4) is 0 Å². The van der Waals surface area contributed by atoms with E-state index in [9.17, 15) is 5.11 Å². The molecule has 2 aliphatic rings. The van der Waals surface area contributed by atoms with Crippen molar-refractivity contribution in [2.75, 3.05) is 18.1 Å². The second-order valence-corrected chi connectivity index (χ2v) is 7.99. The molecule has 0 amide bonds. The molecule has 0 bridgehead atoms. The Morgan fingerprint density at radius 3 is 2.81 bits per heavy atom. The molecule has 1 spiro atoms. The summed E-state index contributed by atoms with van der Waals surface area (Å²) in [5, 5.41) is 11.7. The van der Waals surface area contributed by atoms with Crippen LogP contribution in [0.15, 0.2) is 18.2 Å².